The van der Waals surface area contributed by atoms with Crippen molar-refractivity contribution in [2.24, 2.45) is 0 Å². The number of aromatic nitrogens is 1. The predicted octanol–water partition coefficient (Wildman–Crippen LogP) is 2.81. The van der Waals surface area contributed by atoms with Gasteiger partial charge in [0, 0.05) is 25.3 Å². The zero-order valence-electron chi connectivity index (χ0n) is 14.8. The van der Waals surface area contributed by atoms with Crippen LogP contribution < -0.4 is 15.0 Å². The van der Waals surface area contributed by atoms with E-state index < -0.39 is 0 Å². The van der Waals surface area contributed by atoms with Gasteiger partial charge in [-0.3, -0.25) is 4.79 Å². The van der Waals surface area contributed by atoms with Gasteiger partial charge < -0.3 is 15.0 Å². The summed E-state index contributed by atoms with van der Waals surface area (Å²) < 4.78 is 5.62. The van der Waals surface area contributed by atoms with Gasteiger partial charge in [-0.05, 0) is 50.1 Å². The van der Waals surface area contributed by atoms with E-state index in [1.165, 1.54) is 0 Å². The summed E-state index contributed by atoms with van der Waals surface area (Å²) in [6, 6.07) is 13.8. The molecular formula is C20H25N3O2. The van der Waals surface area contributed by atoms with E-state index in [-0.39, 0.29) is 18.1 Å². The molecule has 2 heterocycles. The number of rotatable bonds is 6. The third-order valence-electron chi connectivity index (χ3n) is 4.19. The fraction of sp³-hybridized carbons (Fsp3) is 0.400. The lowest BCUT2D eigenvalue weighted by atomic mass is 10.1. The molecule has 1 aliphatic rings. The van der Waals surface area contributed by atoms with Gasteiger partial charge in [-0.15, -0.1) is 0 Å². The van der Waals surface area contributed by atoms with E-state index >= 15 is 0 Å². The minimum absolute atomic E-state index is 0.0606. The van der Waals surface area contributed by atoms with Crippen molar-refractivity contribution in [2.45, 2.75) is 38.8 Å². The number of carbonyl (C=O) groups is 1. The van der Waals surface area contributed by atoms with Gasteiger partial charge in [0.15, 0.2) is 0 Å². The number of nitrogens with zero attached hydrogens (tertiary/aromatic N) is 2. The van der Waals surface area contributed by atoms with Crippen LogP contribution in [-0.2, 0) is 11.2 Å². The van der Waals surface area contributed by atoms with Gasteiger partial charge in [0.2, 0.25) is 5.91 Å². The van der Waals surface area contributed by atoms with Crippen molar-refractivity contribution in [2.75, 3.05) is 18.0 Å². The van der Waals surface area contributed by atoms with Crippen molar-refractivity contribution >= 4 is 11.7 Å². The molecule has 5 nitrogen and oxygen atoms in total. The zero-order chi connectivity index (χ0) is 17.6. The molecule has 3 rings (SSSR count). The van der Waals surface area contributed by atoms with Crippen molar-refractivity contribution in [3.05, 3.63) is 54.2 Å². The lowest BCUT2D eigenvalue weighted by Crippen LogP contribution is -2.38. The summed E-state index contributed by atoms with van der Waals surface area (Å²) in [5, 5.41) is 3.13. The van der Waals surface area contributed by atoms with Crippen LogP contribution in [-0.4, -0.2) is 36.1 Å². The maximum atomic E-state index is 12.3. The normalized spacial score (nSPS) is 16.9. The Hall–Kier alpha value is -2.56. The molecule has 1 N–H and O–H groups in total. The topological polar surface area (TPSA) is 54.5 Å². The van der Waals surface area contributed by atoms with Gasteiger partial charge in [-0.25, -0.2) is 4.98 Å². The monoisotopic (exact) mass is 339 g/mol. The molecule has 2 aromatic rings. The number of anilines is 1. The average molecular weight is 339 g/mol. The summed E-state index contributed by atoms with van der Waals surface area (Å²) in [5.74, 6) is 1.87. The molecular weight excluding hydrogens is 314 g/mol. The van der Waals surface area contributed by atoms with Crippen LogP contribution in [0, 0.1) is 0 Å². The number of pyridine rings is 1. The quantitative estimate of drug-likeness (QED) is 0.879. The van der Waals surface area contributed by atoms with E-state index in [9.17, 15) is 4.79 Å². The van der Waals surface area contributed by atoms with Crippen molar-refractivity contribution in [1.29, 1.82) is 0 Å². The second-order valence-electron chi connectivity index (χ2n) is 6.67. The first-order chi connectivity index (χ1) is 12.1. The Morgan fingerprint density at radius 1 is 1.28 bits per heavy atom. The number of carbonyl (C=O) groups excluding carboxylic acids is 1. The van der Waals surface area contributed by atoms with Crippen LogP contribution in [0.4, 0.5) is 5.82 Å². The standard InChI is InChI=1S/C20H25N3O2/c1-15(2)25-18-8-6-16(7-9-18)13-20(24)22-17-10-12-23(14-17)19-5-3-4-11-21-19/h3-9,11,15,17H,10,12-14H2,1-2H3,(H,22,24). The highest BCUT2D eigenvalue weighted by Crippen LogP contribution is 2.18. The largest absolute Gasteiger partial charge is 0.491 e. The molecule has 1 fully saturated rings. The summed E-state index contributed by atoms with van der Waals surface area (Å²) in [6.07, 6.45) is 3.29. The molecule has 25 heavy (non-hydrogen) atoms. The maximum absolute atomic E-state index is 12.3. The Bertz CT molecular complexity index is 686. The molecule has 5 heteroatoms. The van der Waals surface area contributed by atoms with Gasteiger partial charge in [-0.2, -0.15) is 0 Å². The smallest absolute Gasteiger partial charge is 0.224 e. The van der Waals surface area contributed by atoms with Crippen molar-refractivity contribution in [3.63, 3.8) is 0 Å². The predicted molar refractivity (Wildman–Crippen MR) is 98.9 cm³/mol. The molecule has 1 aromatic carbocycles. The van der Waals surface area contributed by atoms with E-state index in [2.05, 4.69) is 15.2 Å². The summed E-state index contributed by atoms with van der Waals surface area (Å²) in [6.45, 7) is 5.72. The molecule has 132 valence electrons. The molecule has 0 aliphatic carbocycles. The summed E-state index contributed by atoms with van der Waals surface area (Å²) in [7, 11) is 0. The van der Waals surface area contributed by atoms with Gasteiger partial charge >= 0.3 is 0 Å². The number of ether oxygens (including phenoxy) is 1. The highest BCUT2D eigenvalue weighted by atomic mass is 16.5. The van der Waals surface area contributed by atoms with Gasteiger partial charge in [0.05, 0.1) is 12.5 Å². The minimum atomic E-state index is 0.0606. The van der Waals surface area contributed by atoms with E-state index in [4.69, 9.17) is 4.74 Å². The van der Waals surface area contributed by atoms with Crippen LogP contribution in [0.1, 0.15) is 25.8 Å². The van der Waals surface area contributed by atoms with E-state index in [1.54, 1.807) is 6.20 Å². The van der Waals surface area contributed by atoms with Crippen LogP contribution in [0.5, 0.6) is 5.75 Å². The third kappa shape index (κ3) is 4.95. The number of amides is 1. The first kappa shape index (κ1) is 17.3. The molecule has 1 unspecified atom stereocenters. The molecule has 0 saturated carbocycles. The molecule has 1 amide bonds. The molecule has 0 bridgehead atoms. The van der Waals surface area contributed by atoms with Gasteiger partial charge in [0.25, 0.3) is 0 Å². The molecule has 0 spiro atoms. The summed E-state index contributed by atoms with van der Waals surface area (Å²) in [4.78, 5) is 18.9. The molecule has 1 aromatic heterocycles. The van der Waals surface area contributed by atoms with E-state index in [1.807, 2.05) is 56.3 Å². The number of hydrogen-bond donors (Lipinski definition) is 1. The fourth-order valence-corrected chi connectivity index (χ4v) is 3.05. The fourth-order valence-electron chi connectivity index (χ4n) is 3.05. The second kappa shape index (κ2) is 8.01. The SMILES string of the molecule is CC(C)Oc1ccc(CC(=O)NC2CCN(c3ccccn3)C2)cc1. The van der Waals surface area contributed by atoms with Crippen LogP contribution in [0.3, 0.4) is 0 Å². The van der Waals surface area contributed by atoms with E-state index in [0.29, 0.717) is 6.42 Å². The molecule has 1 saturated heterocycles. The lowest BCUT2D eigenvalue weighted by Gasteiger charge is -2.17. The Morgan fingerprint density at radius 3 is 2.76 bits per heavy atom. The molecule has 1 aliphatic heterocycles. The van der Waals surface area contributed by atoms with Crippen LogP contribution in [0.25, 0.3) is 0 Å². The number of nitrogens with one attached hydrogen (secondary N) is 1. The Labute approximate surface area is 149 Å². The van der Waals surface area contributed by atoms with Gasteiger partial charge in [-0.1, -0.05) is 18.2 Å². The van der Waals surface area contributed by atoms with Crippen LogP contribution in [0.2, 0.25) is 0 Å². The van der Waals surface area contributed by atoms with Crippen molar-refractivity contribution < 1.29 is 9.53 Å². The third-order valence-corrected chi connectivity index (χ3v) is 4.19. The molecule has 1 atom stereocenters. The minimum Gasteiger partial charge on any atom is -0.491 e. The Morgan fingerprint density at radius 2 is 2.08 bits per heavy atom. The Kier molecular flexibility index (Phi) is 5.53. The van der Waals surface area contributed by atoms with Crippen LogP contribution >= 0.6 is 0 Å². The second-order valence-corrected chi connectivity index (χ2v) is 6.67. The summed E-state index contributed by atoms with van der Waals surface area (Å²) in [5.41, 5.74) is 0.994. The van der Waals surface area contributed by atoms with E-state index in [0.717, 1.165) is 36.6 Å². The van der Waals surface area contributed by atoms with Crippen LogP contribution in [0.15, 0.2) is 48.7 Å². The highest BCUT2D eigenvalue weighted by Gasteiger charge is 2.24. The number of hydrogen-bond acceptors (Lipinski definition) is 4. The number of benzene rings is 1. The first-order valence-electron chi connectivity index (χ1n) is 8.81. The zero-order valence-corrected chi connectivity index (χ0v) is 14.8. The van der Waals surface area contributed by atoms with Crippen molar-refractivity contribution in [1.82, 2.24) is 10.3 Å². The first-order valence-corrected chi connectivity index (χ1v) is 8.81. The van der Waals surface area contributed by atoms with Crippen molar-refractivity contribution in [3.8, 4) is 5.75 Å². The maximum Gasteiger partial charge on any atom is 0.224 e. The highest BCUT2D eigenvalue weighted by molar-refractivity contribution is 5.79. The van der Waals surface area contributed by atoms with Gasteiger partial charge in [0.1, 0.15) is 11.6 Å². The Balaban J connectivity index is 1.48. The average Bonchev–Trinajstić information content (AvgIpc) is 3.05. The molecule has 0 radical (unpaired) electrons. The summed E-state index contributed by atoms with van der Waals surface area (Å²) >= 11 is 0. The lowest BCUT2D eigenvalue weighted by molar-refractivity contribution is -0.121.